The number of carbonyl (C=O) groups excluding carboxylic acids is 2. The van der Waals surface area contributed by atoms with Gasteiger partial charge in [0.05, 0.1) is 11.3 Å². The van der Waals surface area contributed by atoms with Crippen LogP contribution in [0.3, 0.4) is 0 Å². The lowest BCUT2D eigenvalue weighted by atomic mass is 9.68. The Morgan fingerprint density at radius 1 is 1.09 bits per heavy atom. The molecule has 122 valence electrons. The molecular weight excluding hydrogens is 280 g/mol. The van der Waals surface area contributed by atoms with Crippen molar-refractivity contribution in [2.45, 2.75) is 71.0 Å². The normalized spacial score (nSPS) is 49.9. The molecule has 22 heavy (non-hydrogen) atoms. The van der Waals surface area contributed by atoms with Gasteiger partial charge in [-0.1, -0.05) is 6.92 Å². The summed E-state index contributed by atoms with van der Waals surface area (Å²) < 4.78 is 11.1. The van der Waals surface area contributed by atoms with E-state index in [4.69, 9.17) is 9.47 Å². The van der Waals surface area contributed by atoms with E-state index in [0.717, 1.165) is 44.9 Å². The van der Waals surface area contributed by atoms with Crippen molar-refractivity contribution < 1.29 is 19.1 Å². The Morgan fingerprint density at radius 2 is 1.86 bits per heavy atom. The molecule has 2 heterocycles. The molecule has 0 aromatic rings. The van der Waals surface area contributed by atoms with Crippen molar-refractivity contribution >= 4 is 11.9 Å². The van der Waals surface area contributed by atoms with Gasteiger partial charge in [0.25, 0.3) is 0 Å². The van der Waals surface area contributed by atoms with Gasteiger partial charge in [-0.2, -0.15) is 0 Å². The highest BCUT2D eigenvalue weighted by Gasteiger charge is 2.52. The maximum Gasteiger partial charge on any atom is 0.312 e. The van der Waals surface area contributed by atoms with Crippen LogP contribution in [-0.2, 0) is 19.1 Å². The summed E-state index contributed by atoms with van der Waals surface area (Å²) in [7, 11) is 0. The van der Waals surface area contributed by atoms with Gasteiger partial charge in [-0.15, -0.1) is 0 Å². The minimum atomic E-state index is -0.219. The molecule has 0 radical (unpaired) electrons. The Bertz CT molecular complexity index is 501. The van der Waals surface area contributed by atoms with Crippen LogP contribution in [0.2, 0.25) is 0 Å². The van der Waals surface area contributed by atoms with E-state index in [-0.39, 0.29) is 35.5 Å². The van der Waals surface area contributed by atoms with Gasteiger partial charge in [0, 0.05) is 6.42 Å². The third-order valence-electron chi connectivity index (χ3n) is 6.84. The average Bonchev–Trinajstić information content (AvgIpc) is 2.92. The molecule has 2 saturated heterocycles. The number of hydrogen-bond donors (Lipinski definition) is 0. The van der Waals surface area contributed by atoms with Gasteiger partial charge >= 0.3 is 11.9 Å². The summed E-state index contributed by atoms with van der Waals surface area (Å²) in [5, 5.41) is 0. The molecule has 7 atom stereocenters. The Hall–Kier alpha value is -1.06. The molecule has 0 amide bonds. The predicted molar refractivity (Wildman–Crippen MR) is 79.8 cm³/mol. The number of hydrogen-bond acceptors (Lipinski definition) is 4. The monoisotopic (exact) mass is 306 g/mol. The SMILES string of the molecule is C[C@@H]1CC(CCC2CC[C@]3(C)CC2OC3=O)C2CC1OC2=O. The molecule has 4 nitrogen and oxygen atoms in total. The first kappa shape index (κ1) is 14.5. The summed E-state index contributed by atoms with van der Waals surface area (Å²) >= 11 is 0. The second-order valence-corrected chi connectivity index (χ2v) is 8.38. The molecule has 2 aliphatic heterocycles. The van der Waals surface area contributed by atoms with Crippen LogP contribution in [0.5, 0.6) is 0 Å². The lowest BCUT2D eigenvalue weighted by Crippen LogP contribution is -2.32. The predicted octanol–water partition coefficient (Wildman–Crippen LogP) is 3.09. The van der Waals surface area contributed by atoms with Crippen molar-refractivity contribution in [1.29, 1.82) is 0 Å². The van der Waals surface area contributed by atoms with Crippen molar-refractivity contribution in [1.82, 2.24) is 0 Å². The van der Waals surface area contributed by atoms with Crippen LogP contribution >= 0.6 is 0 Å². The van der Waals surface area contributed by atoms with Crippen molar-refractivity contribution in [3.05, 3.63) is 0 Å². The number of rotatable bonds is 3. The third-order valence-corrected chi connectivity index (χ3v) is 6.84. The number of carbonyl (C=O) groups is 2. The van der Waals surface area contributed by atoms with E-state index in [9.17, 15) is 9.59 Å². The minimum absolute atomic E-state index is 0.00787. The Labute approximate surface area is 131 Å². The van der Waals surface area contributed by atoms with Crippen LogP contribution in [0.15, 0.2) is 0 Å². The van der Waals surface area contributed by atoms with E-state index >= 15 is 0 Å². The van der Waals surface area contributed by atoms with Crippen LogP contribution in [-0.4, -0.2) is 24.1 Å². The highest BCUT2D eigenvalue weighted by Crippen LogP contribution is 2.50. The van der Waals surface area contributed by atoms with Crippen molar-refractivity contribution in [2.24, 2.45) is 29.1 Å². The van der Waals surface area contributed by atoms with E-state index < -0.39 is 0 Å². The van der Waals surface area contributed by atoms with Crippen molar-refractivity contribution in [2.75, 3.05) is 0 Å². The molecule has 4 bridgehead atoms. The summed E-state index contributed by atoms with van der Waals surface area (Å²) in [6.45, 7) is 4.25. The first-order valence-corrected chi connectivity index (χ1v) is 8.88. The van der Waals surface area contributed by atoms with Gasteiger partial charge in [0.15, 0.2) is 0 Å². The molecule has 0 aromatic carbocycles. The molecule has 4 heteroatoms. The van der Waals surface area contributed by atoms with E-state index in [0.29, 0.717) is 17.8 Å². The first-order valence-electron chi connectivity index (χ1n) is 8.88. The Kier molecular flexibility index (Phi) is 3.28. The Balaban J connectivity index is 1.37. The summed E-state index contributed by atoms with van der Waals surface area (Å²) in [5.74, 6) is 1.61. The molecule has 4 fully saturated rings. The van der Waals surface area contributed by atoms with Crippen LogP contribution in [0.1, 0.15) is 58.8 Å². The zero-order chi connectivity index (χ0) is 15.5. The lowest BCUT2D eigenvalue weighted by molar-refractivity contribution is -0.147. The molecule has 4 aliphatic rings. The maximum absolute atomic E-state index is 12.0. The smallest absolute Gasteiger partial charge is 0.312 e. The zero-order valence-corrected chi connectivity index (χ0v) is 13.5. The van der Waals surface area contributed by atoms with E-state index in [1.54, 1.807) is 0 Å². The van der Waals surface area contributed by atoms with Gasteiger partial charge in [0.1, 0.15) is 12.2 Å². The molecule has 5 unspecified atom stereocenters. The second-order valence-electron chi connectivity index (χ2n) is 8.38. The van der Waals surface area contributed by atoms with Crippen molar-refractivity contribution in [3.63, 3.8) is 0 Å². The summed E-state index contributed by atoms with van der Waals surface area (Å²) in [6, 6.07) is 0. The van der Waals surface area contributed by atoms with Crippen LogP contribution in [0.25, 0.3) is 0 Å². The van der Waals surface area contributed by atoms with Gasteiger partial charge in [0.2, 0.25) is 0 Å². The van der Waals surface area contributed by atoms with Gasteiger partial charge in [-0.3, -0.25) is 9.59 Å². The molecule has 2 saturated carbocycles. The highest BCUT2D eigenvalue weighted by atomic mass is 16.6. The second kappa shape index (κ2) is 4.97. The molecular formula is C18H26O4. The van der Waals surface area contributed by atoms with Gasteiger partial charge < -0.3 is 9.47 Å². The zero-order valence-electron chi connectivity index (χ0n) is 13.5. The average molecular weight is 306 g/mol. The topological polar surface area (TPSA) is 52.6 Å². The summed E-state index contributed by atoms with van der Waals surface area (Å²) in [5.41, 5.74) is -0.219. The van der Waals surface area contributed by atoms with Crippen LogP contribution < -0.4 is 0 Å². The lowest BCUT2D eigenvalue weighted by Gasteiger charge is -2.33. The highest BCUT2D eigenvalue weighted by molar-refractivity contribution is 5.79. The number of fused-ring (bicyclic) bond motifs is 4. The first-order chi connectivity index (χ1) is 10.5. The van der Waals surface area contributed by atoms with Crippen molar-refractivity contribution in [3.8, 4) is 0 Å². The molecule has 0 aromatic heterocycles. The van der Waals surface area contributed by atoms with Gasteiger partial charge in [-0.25, -0.2) is 0 Å². The largest absolute Gasteiger partial charge is 0.462 e. The molecule has 4 rings (SSSR count). The van der Waals surface area contributed by atoms with E-state index in [2.05, 4.69) is 6.92 Å². The molecule has 0 N–H and O–H groups in total. The fourth-order valence-corrected chi connectivity index (χ4v) is 5.24. The van der Waals surface area contributed by atoms with E-state index in [1.165, 1.54) is 0 Å². The number of esters is 2. The van der Waals surface area contributed by atoms with E-state index in [1.807, 2.05) is 6.92 Å². The summed E-state index contributed by atoms with van der Waals surface area (Å²) in [4.78, 5) is 23.9. The fourth-order valence-electron chi connectivity index (χ4n) is 5.24. The standard InChI is InChI=1S/C18H26O4/c1-10-7-12(13-8-14(10)21-16(13)19)4-3-11-5-6-18(2)9-15(11)22-17(18)20/h10-15H,3-9H2,1-2H3/t10-,11?,12?,13?,14?,15?,18-/m1/s1. The number of ether oxygens (including phenoxy) is 2. The molecule has 0 spiro atoms. The van der Waals surface area contributed by atoms with Crippen LogP contribution in [0.4, 0.5) is 0 Å². The molecule has 2 aliphatic carbocycles. The van der Waals surface area contributed by atoms with Crippen LogP contribution in [0, 0.1) is 29.1 Å². The third kappa shape index (κ3) is 2.17. The quantitative estimate of drug-likeness (QED) is 0.752. The summed E-state index contributed by atoms with van der Waals surface area (Å²) in [6.07, 6.45) is 7.42. The minimum Gasteiger partial charge on any atom is -0.462 e. The maximum atomic E-state index is 12.0. The van der Waals surface area contributed by atoms with Gasteiger partial charge in [-0.05, 0) is 63.2 Å². The fraction of sp³-hybridized carbons (Fsp3) is 0.889. The Morgan fingerprint density at radius 3 is 2.68 bits per heavy atom.